The standard InChI is InChI=1S/C14H17N3O/c18-13(12-4-2-1-3-5-12)14-6-15-9-16(7-14)11-17(8-14)10-15/h1-5H,6-11H2. The molecule has 4 saturated heterocycles. The fourth-order valence-electron chi connectivity index (χ4n) is 3.83. The average molecular weight is 243 g/mol. The molecule has 4 aliphatic heterocycles. The molecule has 4 heterocycles. The van der Waals surface area contributed by atoms with Crippen LogP contribution in [-0.2, 0) is 0 Å². The molecule has 0 unspecified atom stereocenters. The molecule has 18 heavy (non-hydrogen) atoms. The third-order valence-electron chi connectivity index (χ3n) is 4.30. The van der Waals surface area contributed by atoms with E-state index in [9.17, 15) is 4.79 Å². The zero-order chi connectivity index (χ0) is 12.2. The van der Waals surface area contributed by atoms with Crippen molar-refractivity contribution in [1.29, 1.82) is 0 Å². The van der Waals surface area contributed by atoms with Gasteiger partial charge in [-0.15, -0.1) is 0 Å². The van der Waals surface area contributed by atoms with Crippen LogP contribution in [0.15, 0.2) is 30.3 Å². The quantitative estimate of drug-likeness (QED) is 0.714. The van der Waals surface area contributed by atoms with E-state index >= 15 is 0 Å². The smallest absolute Gasteiger partial charge is 0.172 e. The van der Waals surface area contributed by atoms with Gasteiger partial charge in [-0.1, -0.05) is 30.3 Å². The number of ketones is 1. The van der Waals surface area contributed by atoms with Crippen molar-refractivity contribution in [1.82, 2.24) is 14.7 Å². The largest absolute Gasteiger partial charge is 0.293 e. The molecule has 94 valence electrons. The molecule has 0 radical (unpaired) electrons. The number of rotatable bonds is 2. The predicted molar refractivity (Wildman–Crippen MR) is 67.9 cm³/mol. The summed E-state index contributed by atoms with van der Waals surface area (Å²) in [5.41, 5.74) is 0.666. The van der Waals surface area contributed by atoms with Gasteiger partial charge in [0.2, 0.25) is 0 Å². The van der Waals surface area contributed by atoms with Crippen molar-refractivity contribution in [2.45, 2.75) is 0 Å². The maximum absolute atomic E-state index is 12.8. The monoisotopic (exact) mass is 243 g/mol. The van der Waals surface area contributed by atoms with Gasteiger partial charge in [-0.3, -0.25) is 19.5 Å². The Hall–Kier alpha value is -1.23. The van der Waals surface area contributed by atoms with Crippen LogP contribution in [0.1, 0.15) is 10.4 Å². The molecule has 1 aromatic rings. The van der Waals surface area contributed by atoms with Crippen LogP contribution in [0.2, 0.25) is 0 Å². The fraction of sp³-hybridized carbons (Fsp3) is 0.500. The van der Waals surface area contributed by atoms with E-state index in [2.05, 4.69) is 14.7 Å². The number of carbonyl (C=O) groups is 1. The summed E-state index contributed by atoms with van der Waals surface area (Å²) in [5.74, 6) is 0.321. The fourth-order valence-corrected chi connectivity index (χ4v) is 3.83. The lowest BCUT2D eigenvalue weighted by Crippen LogP contribution is -2.74. The van der Waals surface area contributed by atoms with E-state index < -0.39 is 0 Å². The molecule has 0 aromatic heterocycles. The van der Waals surface area contributed by atoms with Crippen molar-refractivity contribution in [2.24, 2.45) is 5.41 Å². The van der Waals surface area contributed by atoms with Gasteiger partial charge in [-0.05, 0) is 0 Å². The van der Waals surface area contributed by atoms with Crippen LogP contribution >= 0.6 is 0 Å². The van der Waals surface area contributed by atoms with Crippen LogP contribution in [0.5, 0.6) is 0 Å². The number of Topliss-reactive ketones (excluding diaryl/α,β-unsaturated/α-hetero) is 1. The summed E-state index contributed by atoms with van der Waals surface area (Å²) in [6, 6.07) is 9.76. The Bertz CT molecular complexity index is 450. The van der Waals surface area contributed by atoms with E-state index in [1.165, 1.54) is 0 Å². The molecule has 5 rings (SSSR count). The third kappa shape index (κ3) is 1.46. The number of carbonyl (C=O) groups excluding carboxylic acids is 1. The maximum Gasteiger partial charge on any atom is 0.172 e. The molecule has 0 spiro atoms. The van der Waals surface area contributed by atoms with E-state index in [1.807, 2.05) is 30.3 Å². The van der Waals surface area contributed by atoms with E-state index in [0.29, 0.717) is 5.78 Å². The van der Waals surface area contributed by atoms with Gasteiger partial charge in [0, 0.05) is 25.2 Å². The zero-order valence-electron chi connectivity index (χ0n) is 10.4. The van der Waals surface area contributed by atoms with Gasteiger partial charge in [0.15, 0.2) is 5.78 Å². The maximum atomic E-state index is 12.8. The summed E-state index contributed by atoms with van der Waals surface area (Å²) in [6.45, 7) is 5.86. The van der Waals surface area contributed by atoms with E-state index in [1.54, 1.807) is 0 Å². The lowest BCUT2D eigenvalue weighted by Gasteiger charge is -2.59. The molecular weight excluding hydrogens is 226 g/mol. The van der Waals surface area contributed by atoms with E-state index in [0.717, 1.165) is 45.2 Å². The van der Waals surface area contributed by atoms with Gasteiger partial charge in [0.1, 0.15) is 0 Å². The highest BCUT2D eigenvalue weighted by molar-refractivity contribution is 6.01. The van der Waals surface area contributed by atoms with Crippen molar-refractivity contribution in [3.8, 4) is 0 Å². The van der Waals surface area contributed by atoms with Crippen molar-refractivity contribution in [3.05, 3.63) is 35.9 Å². The first-order valence-electron chi connectivity index (χ1n) is 6.52. The molecule has 1 aromatic carbocycles. The Morgan fingerprint density at radius 2 is 1.39 bits per heavy atom. The van der Waals surface area contributed by atoms with Gasteiger partial charge in [0.05, 0.1) is 25.4 Å². The summed E-state index contributed by atoms with van der Waals surface area (Å²) in [6.07, 6.45) is 0. The summed E-state index contributed by atoms with van der Waals surface area (Å²) in [4.78, 5) is 20.0. The lowest BCUT2D eigenvalue weighted by molar-refractivity contribution is -0.155. The molecule has 4 bridgehead atoms. The van der Waals surface area contributed by atoms with Gasteiger partial charge < -0.3 is 0 Å². The Balaban J connectivity index is 1.70. The minimum Gasteiger partial charge on any atom is -0.293 e. The lowest BCUT2D eigenvalue weighted by atomic mass is 9.75. The highest BCUT2D eigenvalue weighted by atomic mass is 16.1. The van der Waals surface area contributed by atoms with Gasteiger partial charge in [-0.25, -0.2) is 0 Å². The molecule has 0 atom stereocenters. The summed E-state index contributed by atoms with van der Waals surface area (Å²) in [7, 11) is 0. The van der Waals surface area contributed by atoms with Gasteiger partial charge in [-0.2, -0.15) is 0 Å². The predicted octanol–water partition coefficient (Wildman–Crippen LogP) is 0.675. The molecule has 0 saturated carbocycles. The summed E-state index contributed by atoms with van der Waals surface area (Å²) < 4.78 is 0. The average Bonchev–Trinajstić information content (AvgIpc) is 2.37. The zero-order valence-corrected chi connectivity index (χ0v) is 10.4. The van der Waals surface area contributed by atoms with Crippen LogP contribution in [0, 0.1) is 5.41 Å². The number of hydrogen-bond acceptors (Lipinski definition) is 4. The van der Waals surface area contributed by atoms with Crippen LogP contribution < -0.4 is 0 Å². The first-order chi connectivity index (χ1) is 8.75. The Labute approximate surface area is 107 Å². The van der Waals surface area contributed by atoms with Gasteiger partial charge in [0.25, 0.3) is 0 Å². The minimum atomic E-state index is -0.198. The molecule has 4 heteroatoms. The topological polar surface area (TPSA) is 26.8 Å². The highest BCUT2D eigenvalue weighted by Gasteiger charge is 2.52. The molecule has 0 amide bonds. The minimum absolute atomic E-state index is 0.198. The third-order valence-corrected chi connectivity index (χ3v) is 4.30. The van der Waals surface area contributed by atoms with Crippen LogP contribution in [0.3, 0.4) is 0 Å². The second-order valence-corrected chi connectivity index (χ2v) is 5.89. The normalized spacial score (nSPS) is 41.0. The first-order valence-corrected chi connectivity index (χ1v) is 6.52. The van der Waals surface area contributed by atoms with Crippen molar-refractivity contribution in [3.63, 3.8) is 0 Å². The van der Waals surface area contributed by atoms with Crippen molar-refractivity contribution >= 4 is 5.78 Å². The van der Waals surface area contributed by atoms with E-state index in [-0.39, 0.29) is 5.41 Å². The number of benzene rings is 1. The molecular formula is C14H17N3O. The molecule has 4 fully saturated rings. The SMILES string of the molecule is O=C(c1ccccc1)C12CN3CN(CN(C3)C1)C2. The Morgan fingerprint density at radius 3 is 1.89 bits per heavy atom. The molecule has 4 aliphatic rings. The number of nitrogens with zero attached hydrogens (tertiary/aromatic N) is 3. The highest BCUT2D eigenvalue weighted by Crippen LogP contribution is 2.37. The molecule has 4 nitrogen and oxygen atoms in total. The first kappa shape index (κ1) is 10.7. The summed E-state index contributed by atoms with van der Waals surface area (Å²) in [5, 5.41) is 0. The van der Waals surface area contributed by atoms with Crippen molar-refractivity contribution in [2.75, 3.05) is 39.6 Å². The van der Waals surface area contributed by atoms with Crippen LogP contribution in [0.4, 0.5) is 0 Å². The second kappa shape index (κ2) is 3.63. The second-order valence-electron chi connectivity index (χ2n) is 5.89. The van der Waals surface area contributed by atoms with Crippen molar-refractivity contribution < 1.29 is 4.79 Å². The summed E-state index contributed by atoms with van der Waals surface area (Å²) >= 11 is 0. The Morgan fingerprint density at radius 1 is 0.889 bits per heavy atom. The molecule has 0 aliphatic carbocycles. The Kier molecular flexibility index (Phi) is 2.15. The van der Waals surface area contributed by atoms with Gasteiger partial charge >= 0.3 is 0 Å². The van der Waals surface area contributed by atoms with E-state index in [4.69, 9.17) is 0 Å². The van der Waals surface area contributed by atoms with Crippen LogP contribution in [0.25, 0.3) is 0 Å². The number of hydrogen-bond donors (Lipinski definition) is 0. The molecule has 0 N–H and O–H groups in total. The van der Waals surface area contributed by atoms with Crippen LogP contribution in [-0.4, -0.2) is 60.1 Å².